The Balaban J connectivity index is 1.55. The standard InChI is InChI=1S/C29H30ClN5O2/c1-29(2,3)16-25(36)32-17-18-10-13-23(30)22(14-18)28(37)33-20-11-12-21-24(15-20)34-26(35-27(21)31-4)19-8-6-5-7-9-19/h5-15H,16-17H2,1-4H3,(H,32,36)(H,33,37)(H,31,34,35). The molecule has 3 N–H and O–H groups in total. The van der Waals surface area contributed by atoms with Crippen LogP contribution in [0.15, 0.2) is 66.7 Å². The Morgan fingerprint density at radius 2 is 1.70 bits per heavy atom. The molecule has 0 aliphatic carbocycles. The number of hydrogen-bond acceptors (Lipinski definition) is 5. The minimum Gasteiger partial charge on any atom is -0.373 e. The van der Waals surface area contributed by atoms with Gasteiger partial charge in [-0.25, -0.2) is 9.97 Å². The second-order valence-corrected chi connectivity index (χ2v) is 10.4. The first kappa shape index (κ1) is 26.1. The van der Waals surface area contributed by atoms with Crippen molar-refractivity contribution in [2.45, 2.75) is 33.7 Å². The van der Waals surface area contributed by atoms with E-state index in [0.29, 0.717) is 46.4 Å². The molecular weight excluding hydrogens is 486 g/mol. The van der Waals surface area contributed by atoms with E-state index in [1.807, 2.05) is 70.3 Å². The maximum absolute atomic E-state index is 13.1. The van der Waals surface area contributed by atoms with Crippen molar-refractivity contribution in [2.24, 2.45) is 5.41 Å². The SMILES string of the molecule is CNc1nc(-c2ccccc2)nc2cc(NC(=O)c3cc(CNC(=O)CC(C)(C)C)ccc3Cl)ccc12. The molecule has 0 radical (unpaired) electrons. The number of rotatable bonds is 7. The highest BCUT2D eigenvalue weighted by Crippen LogP contribution is 2.28. The Bertz CT molecular complexity index is 1450. The number of anilines is 2. The molecule has 0 saturated heterocycles. The molecule has 2 amide bonds. The Kier molecular flexibility index (Phi) is 7.74. The fourth-order valence-corrected chi connectivity index (χ4v) is 4.12. The van der Waals surface area contributed by atoms with Crippen LogP contribution in [0, 0.1) is 5.41 Å². The number of benzene rings is 3. The van der Waals surface area contributed by atoms with E-state index in [0.717, 1.165) is 16.5 Å². The van der Waals surface area contributed by atoms with E-state index in [-0.39, 0.29) is 17.2 Å². The third-order valence-electron chi connectivity index (χ3n) is 5.68. The molecule has 0 unspecified atom stereocenters. The lowest BCUT2D eigenvalue weighted by Gasteiger charge is -2.17. The van der Waals surface area contributed by atoms with Crippen molar-refractivity contribution in [1.82, 2.24) is 15.3 Å². The fraction of sp³-hybridized carbons (Fsp3) is 0.241. The third-order valence-corrected chi connectivity index (χ3v) is 6.01. The highest BCUT2D eigenvalue weighted by molar-refractivity contribution is 6.34. The van der Waals surface area contributed by atoms with Gasteiger partial charge in [0.2, 0.25) is 5.91 Å². The predicted octanol–water partition coefficient (Wildman–Crippen LogP) is 6.30. The van der Waals surface area contributed by atoms with Crippen molar-refractivity contribution in [2.75, 3.05) is 17.7 Å². The summed E-state index contributed by atoms with van der Waals surface area (Å²) in [5.41, 5.74) is 3.18. The van der Waals surface area contributed by atoms with Gasteiger partial charge in [0.15, 0.2) is 5.82 Å². The van der Waals surface area contributed by atoms with Gasteiger partial charge in [-0.1, -0.05) is 68.8 Å². The molecule has 0 aliphatic heterocycles. The van der Waals surface area contributed by atoms with Crippen LogP contribution in [0.2, 0.25) is 5.02 Å². The topological polar surface area (TPSA) is 96.0 Å². The summed E-state index contributed by atoms with van der Waals surface area (Å²) < 4.78 is 0. The zero-order valence-electron chi connectivity index (χ0n) is 21.4. The second-order valence-electron chi connectivity index (χ2n) is 10.0. The summed E-state index contributed by atoms with van der Waals surface area (Å²) in [6.45, 7) is 6.35. The molecule has 8 heteroatoms. The van der Waals surface area contributed by atoms with E-state index >= 15 is 0 Å². The molecule has 190 valence electrons. The highest BCUT2D eigenvalue weighted by Gasteiger charge is 2.17. The molecule has 0 fully saturated rings. The van der Waals surface area contributed by atoms with Gasteiger partial charge in [0.25, 0.3) is 5.91 Å². The number of aromatic nitrogens is 2. The molecule has 4 aromatic rings. The molecule has 1 heterocycles. The summed E-state index contributed by atoms with van der Waals surface area (Å²) in [6.07, 6.45) is 0.417. The molecule has 37 heavy (non-hydrogen) atoms. The molecule has 0 aliphatic rings. The van der Waals surface area contributed by atoms with E-state index in [4.69, 9.17) is 16.6 Å². The normalized spacial score (nSPS) is 11.3. The van der Waals surface area contributed by atoms with Crippen LogP contribution in [-0.2, 0) is 11.3 Å². The molecule has 3 aromatic carbocycles. The lowest BCUT2D eigenvalue weighted by Crippen LogP contribution is -2.27. The summed E-state index contributed by atoms with van der Waals surface area (Å²) in [6, 6.07) is 20.4. The maximum Gasteiger partial charge on any atom is 0.257 e. The molecule has 1 aromatic heterocycles. The zero-order chi connectivity index (χ0) is 26.6. The Morgan fingerprint density at radius 1 is 0.946 bits per heavy atom. The average molecular weight is 516 g/mol. The Labute approximate surface area is 221 Å². The average Bonchev–Trinajstić information content (AvgIpc) is 2.86. The summed E-state index contributed by atoms with van der Waals surface area (Å²) >= 11 is 6.35. The van der Waals surface area contributed by atoms with Crippen molar-refractivity contribution in [1.29, 1.82) is 0 Å². The van der Waals surface area contributed by atoms with Crippen molar-refractivity contribution in [3.05, 3.63) is 82.9 Å². The smallest absolute Gasteiger partial charge is 0.257 e. The van der Waals surface area contributed by atoms with Gasteiger partial charge in [0.05, 0.1) is 16.1 Å². The van der Waals surface area contributed by atoms with Crippen LogP contribution in [0.5, 0.6) is 0 Å². The van der Waals surface area contributed by atoms with Gasteiger partial charge < -0.3 is 16.0 Å². The van der Waals surface area contributed by atoms with Crippen LogP contribution in [0.25, 0.3) is 22.3 Å². The summed E-state index contributed by atoms with van der Waals surface area (Å²) in [5, 5.41) is 10.1. The minimum absolute atomic E-state index is 0.0394. The molecule has 0 spiro atoms. The number of nitrogens with one attached hydrogen (secondary N) is 3. The first-order chi connectivity index (χ1) is 17.6. The van der Waals surface area contributed by atoms with Crippen LogP contribution >= 0.6 is 11.6 Å². The molecule has 0 saturated carbocycles. The van der Waals surface area contributed by atoms with Crippen LogP contribution in [0.4, 0.5) is 11.5 Å². The zero-order valence-corrected chi connectivity index (χ0v) is 22.1. The van der Waals surface area contributed by atoms with Crippen molar-refractivity contribution in [3.63, 3.8) is 0 Å². The molecule has 4 rings (SSSR count). The van der Waals surface area contributed by atoms with Gasteiger partial charge in [0.1, 0.15) is 5.82 Å². The molecule has 7 nitrogen and oxygen atoms in total. The van der Waals surface area contributed by atoms with Gasteiger partial charge in [-0.3, -0.25) is 9.59 Å². The van der Waals surface area contributed by atoms with Crippen LogP contribution in [-0.4, -0.2) is 28.8 Å². The summed E-state index contributed by atoms with van der Waals surface area (Å²) in [7, 11) is 1.81. The number of carbonyl (C=O) groups is 2. The number of fused-ring (bicyclic) bond motifs is 1. The largest absolute Gasteiger partial charge is 0.373 e. The van der Waals surface area contributed by atoms with E-state index in [2.05, 4.69) is 20.9 Å². The minimum atomic E-state index is -0.349. The number of carbonyl (C=O) groups excluding carboxylic acids is 2. The summed E-state index contributed by atoms with van der Waals surface area (Å²) in [5.74, 6) is 0.900. The van der Waals surface area contributed by atoms with Crippen molar-refractivity contribution in [3.8, 4) is 11.4 Å². The number of halogens is 1. The van der Waals surface area contributed by atoms with E-state index in [1.165, 1.54) is 0 Å². The third kappa shape index (κ3) is 6.62. The number of amides is 2. The first-order valence-corrected chi connectivity index (χ1v) is 12.4. The van der Waals surface area contributed by atoms with Gasteiger partial charge >= 0.3 is 0 Å². The monoisotopic (exact) mass is 515 g/mol. The first-order valence-electron chi connectivity index (χ1n) is 12.0. The Morgan fingerprint density at radius 3 is 2.41 bits per heavy atom. The molecule has 0 bridgehead atoms. The van der Waals surface area contributed by atoms with Crippen LogP contribution in [0.3, 0.4) is 0 Å². The number of hydrogen-bond donors (Lipinski definition) is 3. The van der Waals surface area contributed by atoms with Gasteiger partial charge in [0, 0.05) is 36.7 Å². The lowest BCUT2D eigenvalue weighted by molar-refractivity contribution is -0.122. The van der Waals surface area contributed by atoms with Crippen LogP contribution < -0.4 is 16.0 Å². The quantitative estimate of drug-likeness (QED) is 0.268. The maximum atomic E-state index is 13.1. The number of nitrogens with zero attached hydrogens (tertiary/aromatic N) is 2. The second kappa shape index (κ2) is 11.0. The van der Waals surface area contributed by atoms with E-state index in [1.54, 1.807) is 24.3 Å². The summed E-state index contributed by atoms with van der Waals surface area (Å²) in [4.78, 5) is 34.7. The van der Waals surface area contributed by atoms with Crippen molar-refractivity contribution < 1.29 is 9.59 Å². The predicted molar refractivity (Wildman–Crippen MR) is 150 cm³/mol. The lowest BCUT2D eigenvalue weighted by atomic mass is 9.92. The highest BCUT2D eigenvalue weighted by atomic mass is 35.5. The van der Waals surface area contributed by atoms with Gasteiger partial charge in [-0.15, -0.1) is 0 Å². The molecule has 0 atom stereocenters. The van der Waals surface area contributed by atoms with Gasteiger partial charge in [-0.05, 0) is 41.3 Å². The molecular formula is C29H30ClN5O2. The van der Waals surface area contributed by atoms with Crippen molar-refractivity contribution >= 4 is 45.8 Å². The van der Waals surface area contributed by atoms with E-state index < -0.39 is 0 Å². The van der Waals surface area contributed by atoms with E-state index in [9.17, 15) is 9.59 Å². The fourth-order valence-electron chi connectivity index (χ4n) is 3.91. The Hall–Kier alpha value is -3.97. The van der Waals surface area contributed by atoms with Gasteiger partial charge in [-0.2, -0.15) is 0 Å². The van der Waals surface area contributed by atoms with Crippen LogP contribution in [0.1, 0.15) is 43.1 Å².